The number of anilines is 1. The van der Waals surface area contributed by atoms with E-state index >= 15 is 0 Å². The normalized spacial score (nSPS) is 10.6. The topological polar surface area (TPSA) is 56.8 Å². The van der Waals surface area contributed by atoms with Crippen LogP contribution in [0.5, 0.6) is 11.5 Å². The largest absolute Gasteiger partial charge is 0.491 e. The molecule has 1 amide bonds. The van der Waals surface area contributed by atoms with E-state index in [-0.39, 0.29) is 5.91 Å². The summed E-state index contributed by atoms with van der Waals surface area (Å²) in [5.41, 5.74) is 2.13. The Hall–Kier alpha value is -2.53. The van der Waals surface area contributed by atoms with E-state index in [1.807, 2.05) is 36.4 Å². The maximum absolute atomic E-state index is 11.0. The molecule has 2 aromatic rings. The van der Waals surface area contributed by atoms with E-state index in [4.69, 9.17) is 14.2 Å². The van der Waals surface area contributed by atoms with Gasteiger partial charge in [-0.1, -0.05) is 51.2 Å². The average molecular weight is 428 g/mol. The van der Waals surface area contributed by atoms with E-state index in [2.05, 4.69) is 24.4 Å². The summed E-state index contributed by atoms with van der Waals surface area (Å²) in [6.45, 7) is 5.73. The Morgan fingerprint density at radius 3 is 1.87 bits per heavy atom. The van der Waals surface area contributed by atoms with Gasteiger partial charge in [-0.2, -0.15) is 0 Å². The highest BCUT2D eigenvalue weighted by Crippen LogP contribution is 2.16. The van der Waals surface area contributed by atoms with E-state index in [0.29, 0.717) is 26.4 Å². The molecule has 0 heterocycles. The molecule has 0 unspecified atom stereocenters. The standard InChI is InChI=1S/C26H37NO4/c1-3-4-5-6-7-8-9-23-10-14-25(15-11-23)30-20-18-29-19-21-31-26-16-12-24(13-17-26)27-22(2)28/h10-17H,3-9,18-21H2,1-2H3,(H,27,28). The van der Waals surface area contributed by atoms with Crippen molar-refractivity contribution in [1.82, 2.24) is 0 Å². The van der Waals surface area contributed by atoms with Gasteiger partial charge in [-0.15, -0.1) is 0 Å². The first-order valence-electron chi connectivity index (χ1n) is 11.5. The van der Waals surface area contributed by atoms with Crippen LogP contribution in [0.4, 0.5) is 5.69 Å². The zero-order valence-corrected chi connectivity index (χ0v) is 19.0. The molecule has 0 bridgehead atoms. The first-order valence-corrected chi connectivity index (χ1v) is 11.5. The molecule has 0 aromatic heterocycles. The van der Waals surface area contributed by atoms with Crippen LogP contribution >= 0.6 is 0 Å². The van der Waals surface area contributed by atoms with Crippen LogP contribution in [0.15, 0.2) is 48.5 Å². The fourth-order valence-corrected chi connectivity index (χ4v) is 3.24. The molecular formula is C26H37NO4. The summed E-state index contributed by atoms with van der Waals surface area (Å²) in [6.07, 6.45) is 9.11. The minimum absolute atomic E-state index is 0.0894. The van der Waals surface area contributed by atoms with Gasteiger partial charge >= 0.3 is 0 Å². The van der Waals surface area contributed by atoms with Gasteiger partial charge in [0.2, 0.25) is 5.91 Å². The summed E-state index contributed by atoms with van der Waals surface area (Å²) in [4.78, 5) is 11.0. The van der Waals surface area contributed by atoms with Gasteiger partial charge < -0.3 is 19.5 Å². The molecular weight excluding hydrogens is 390 g/mol. The summed E-state index contributed by atoms with van der Waals surface area (Å²) in [6, 6.07) is 15.7. The number of amides is 1. The van der Waals surface area contributed by atoms with Crippen molar-refractivity contribution in [3.8, 4) is 11.5 Å². The van der Waals surface area contributed by atoms with Crippen molar-refractivity contribution in [3.63, 3.8) is 0 Å². The van der Waals surface area contributed by atoms with E-state index in [1.54, 1.807) is 0 Å². The molecule has 0 aliphatic carbocycles. The van der Waals surface area contributed by atoms with Crippen LogP contribution in [0.2, 0.25) is 0 Å². The number of hydrogen-bond donors (Lipinski definition) is 1. The number of aryl methyl sites for hydroxylation is 1. The van der Waals surface area contributed by atoms with Crippen molar-refractivity contribution in [1.29, 1.82) is 0 Å². The Morgan fingerprint density at radius 2 is 1.29 bits per heavy atom. The average Bonchev–Trinajstić information content (AvgIpc) is 2.77. The molecule has 0 atom stereocenters. The quantitative estimate of drug-likeness (QED) is 0.333. The number of nitrogens with one attached hydrogen (secondary N) is 1. The number of unbranched alkanes of at least 4 members (excludes halogenated alkanes) is 5. The molecule has 2 rings (SSSR count). The molecule has 31 heavy (non-hydrogen) atoms. The molecule has 5 heteroatoms. The highest BCUT2D eigenvalue weighted by Gasteiger charge is 1.99. The first kappa shape index (κ1) is 24.7. The molecule has 1 N–H and O–H groups in total. The molecule has 0 saturated heterocycles. The maximum Gasteiger partial charge on any atom is 0.221 e. The van der Waals surface area contributed by atoms with Crippen molar-refractivity contribution in [3.05, 3.63) is 54.1 Å². The summed E-state index contributed by atoms with van der Waals surface area (Å²) >= 11 is 0. The third kappa shape index (κ3) is 11.4. The molecule has 0 aliphatic rings. The first-order chi connectivity index (χ1) is 15.2. The predicted octanol–water partition coefficient (Wildman–Crippen LogP) is 6.02. The Morgan fingerprint density at radius 1 is 0.742 bits per heavy atom. The molecule has 0 radical (unpaired) electrons. The lowest BCUT2D eigenvalue weighted by Crippen LogP contribution is -2.12. The smallest absolute Gasteiger partial charge is 0.221 e. The fourth-order valence-electron chi connectivity index (χ4n) is 3.24. The van der Waals surface area contributed by atoms with Crippen LogP contribution in [0.25, 0.3) is 0 Å². The van der Waals surface area contributed by atoms with Crippen molar-refractivity contribution < 1.29 is 19.0 Å². The molecule has 0 spiro atoms. The lowest BCUT2D eigenvalue weighted by molar-refractivity contribution is -0.114. The minimum atomic E-state index is -0.0894. The lowest BCUT2D eigenvalue weighted by Gasteiger charge is -2.10. The highest BCUT2D eigenvalue weighted by molar-refractivity contribution is 5.88. The van der Waals surface area contributed by atoms with Gasteiger partial charge in [0.15, 0.2) is 0 Å². The van der Waals surface area contributed by atoms with E-state index < -0.39 is 0 Å². The van der Waals surface area contributed by atoms with Crippen LogP contribution in [0.3, 0.4) is 0 Å². The molecule has 0 saturated carbocycles. The summed E-state index contributed by atoms with van der Waals surface area (Å²) in [7, 11) is 0. The monoisotopic (exact) mass is 427 g/mol. The number of carbonyl (C=O) groups is 1. The van der Waals surface area contributed by atoms with E-state index in [9.17, 15) is 4.79 Å². The highest BCUT2D eigenvalue weighted by atomic mass is 16.5. The molecule has 5 nitrogen and oxygen atoms in total. The third-order valence-electron chi connectivity index (χ3n) is 4.91. The Bertz CT molecular complexity index is 728. The zero-order valence-electron chi connectivity index (χ0n) is 19.0. The van der Waals surface area contributed by atoms with Crippen molar-refractivity contribution >= 4 is 11.6 Å². The Labute approximate surface area is 187 Å². The van der Waals surface area contributed by atoms with E-state index in [0.717, 1.165) is 23.6 Å². The Kier molecular flexibility index (Phi) is 12.2. The van der Waals surface area contributed by atoms with Gasteiger partial charge in [0.1, 0.15) is 24.7 Å². The number of hydrogen-bond acceptors (Lipinski definition) is 4. The van der Waals surface area contributed by atoms with Crippen LogP contribution in [-0.4, -0.2) is 32.3 Å². The summed E-state index contributed by atoms with van der Waals surface area (Å²) in [5.74, 6) is 1.54. The SMILES string of the molecule is CCCCCCCCc1ccc(OCCOCCOc2ccc(NC(C)=O)cc2)cc1. The molecule has 170 valence electrons. The maximum atomic E-state index is 11.0. The number of rotatable bonds is 16. The predicted molar refractivity (Wildman–Crippen MR) is 126 cm³/mol. The number of ether oxygens (including phenoxy) is 3. The van der Waals surface area contributed by atoms with Gasteiger partial charge in [0.05, 0.1) is 13.2 Å². The van der Waals surface area contributed by atoms with Crippen LogP contribution < -0.4 is 14.8 Å². The van der Waals surface area contributed by atoms with Gasteiger partial charge in [-0.3, -0.25) is 4.79 Å². The van der Waals surface area contributed by atoms with Crippen LogP contribution in [0.1, 0.15) is 57.9 Å². The van der Waals surface area contributed by atoms with Crippen LogP contribution in [0, 0.1) is 0 Å². The van der Waals surface area contributed by atoms with Crippen molar-refractivity contribution in [2.24, 2.45) is 0 Å². The molecule has 0 aliphatic heterocycles. The second kappa shape index (κ2) is 15.3. The molecule has 2 aromatic carbocycles. The second-order valence-electron chi connectivity index (χ2n) is 7.68. The lowest BCUT2D eigenvalue weighted by atomic mass is 10.0. The van der Waals surface area contributed by atoms with Crippen molar-refractivity contribution in [2.45, 2.75) is 58.8 Å². The summed E-state index contributed by atoms with van der Waals surface area (Å²) in [5, 5.41) is 2.72. The zero-order chi connectivity index (χ0) is 22.2. The fraction of sp³-hybridized carbons (Fsp3) is 0.500. The third-order valence-corrected chi connectivity index (χ3v) is 4.91. The van der Waals surface area contributed by atoms with Crippen LogP contribution in [-0.2, 0) is 16.0 Å². The van der Waals surface area contributed by atoms with Gasteiger partial charge in [0.25, 0.3) is 0 Å². The van der Waals surface area contributed by atoms with Gasteiger partial charge in [-0.05, 0) is 54.8 Å². The summed E-state index contributed by atoms with van der Waals surface area (Å²) < 4.78 is 16.9. The second-order valence-corrected chi connectivity index (χ2v) is 7.68. The van der Waals surface area contributed by atoms with Gasteiger partial charge in [-0.25, -0.2) is 0 Å². The number of benzene rings is 2. The number of carbonyl (C=O) groups excluding carboxylic acids is 1. The van der Waals surface area contributed by atoms with Crippen molar-refractivity contribution in [2.75, 3.05) is 31.7 Å². The minimum Gasteiger partial charge on any atom is -0.491 e. The Balaban J connectivity index is 1.49. The molecule has 0 fully saturated rings. The van der Waals surface area contributed by atoms with E-state index in [1.165, 1.54) is 51.0 Å². The van der Waals surface area contributed by atoms with Gasteiger partial charge in [0, 0.05) is 12.6 Å².